The van der Waals surface area contributed by atoms with Crippen LogP contribution in [-0.4, -0.2) is 103 Å². The molecular formula is C39H69NO9. The van der Waals surface area contributed by atoms with Gasteiger partial charge in [0.1, 0.15) is 23.9 Å². The second-order valence-electron chi connectivity index (χ2n) is 16.7. The predicted molar refractivity (Wildman–Crippen MR) is 189 cm³/mol. The summed E-state index contributed by atoms with van der Waals surface area (Å²) in [6.07, 6.45) is -0.916. The molecule has 10 nitrogen and oxygen atoms in total. The Morgan fingerprint density at radius 2 is 1.67 bits per heavy atom. The number of aliphatic hydroxyl groups excluding tert-OH is 1. The Kier molecular flexibility index (Phi) is 13.4. The highest BCUT2D eigenvalue weighted by Crippen LogP contribution is 2.49. The Bertz CT molecular complexity index is 1150. The molecular weight excluding hydrogens is 626 g/mol. The molecule has 0 aromatic heterocycles. The molecule has 4 heterocycles. The molecule has 0 amide bonds. The molecule has 4 aliphatic heterocycles. The van der Waals surface area contributed by atoms with E-state index in [1.165, 1.54) is 5.57 Å². The third kappa shape index (κ3) is 8.69. The zero-order valence-electron chi connectivity index (χ0n) is 33.0. The van der Waals surface area contributed by atoms with E-state index in [0.717, 1.165) is 18.7 Å². The summed E-state index contributed by atoms with van der Waals surface area (Å²) in [6.45, 7) is 25.9. The Morgan fingerprint density at radius 3 is 2.27 bits per heavy atom. The van der Waals surface area contributed by atoms with Crippen LogP contribution in [0.4, 0.5) is 0 Å². The Morgan fingerprint density at radius 1 is 1.00 bits per heavy atom. The topological polar surface area (TPSA) is 105 Å². The van der Waals surface area contributed by atoms with Gasteiger partial charge in [-0.2, -0.15) is 0 Å². The Balaban J connectivity index is 1.81. The Hall–Kier alpha value is -1.27. The second kappa shape index (κ2) is 16.2. The Labute approximate surface area is 296 Å². The monoisotopic (exact) mass is 695 g/mol. The van der Waals surface area contributed by atoms with Crippen molar-refractivity contribution in [2.45, 2.75) is 182 Å². The lowest BCUT2D eigenvalue weighted by Gasteiger charge is -2.48. The number of carbonyl (C=O) groups is 1. The molecule has 1 N–H and O–H groups in total. The van der Waals surface area contributed by atoms with Gasteiger partial charge in [0, 0.05) is 50.2 Å². The van der Waals surface area contributed by atoms with Gasteiger partial charge in [0.25, 0.3) is 0 Å². The van der Waals surface area contributed by atoms with Gasteiger partial charge in [0.15, 0.2) is 12.6 Å². The molecule has 0 radical (unpaired) electrons. The predicted octanol–water partition coefficient (Wildman–Crippen LogP) is 6.47. The van der Waals surface area contributed by atoms with E-state index in [2.05, 4.69) is 67.2 Å². The summed E-state index contributed by atoms with van der Waals surface area (Å²) in [6, 6.07) is -0.130. The van der Waals surface area contributed by atoms with Crippen LogP contribution in [0.15, 0.2) is 11.3 Å². The van der Waals surface area contributed by atoms with Gasteiger partial charge in [-0.05, 0) is 79.5 Å². The third-order valence-corrected chi connectivity index (χ3v) is 12.1. The van der Waals surface area contributed by atoms with E-state index in [-0.39, 0.29) is 48.1 Å². The van der Waals surface area contributed by atoms with E-state index >= 15 is 0 Å². The number of cyclic esters (lactones) is 1. The third-order valence-electron chi connectivity index (χ3n) is 12.1. The molecule has 284 valence electrons. The van der Waals surface area contributed by atoms with Crippen LogP contribution in [0.25, 0.3) is 0 Å². The minimum Gasteiger partial charge on any atom is -0.489 e. The first-order valence-electron chi connectivity index (χ1n) is 19.0. The van der Waals surface area contributed by atoms with Crippen molar-refractivity contribution in [3.05, 3.63) is 11.3 Å². The largest absolute Gasteiger partial charge is 0.489 e. The number of nitrogens with zero attached hydrogens (tertiary/aromatic N) is 1. The van der Waals surface area contributed by atoms with E-state index < -0.39 is 53.9 Å². The summed E-state index contributed by atoms with van der Waals surface area (Å²) in [4.78, 5) is 16.4. The minimum absolute atomic E-state index is 0.0173. The van der Waals surface area contributed by atoms with Crippen molar-refractivity contribution in [2.75, 3.05) is 20.7 Å². The lowest BCUT2D eigenvalue weighted by atomic mass is 9.78. The normalized spacial score (nSPS) is 45.6. The van der Waals surface area contributed by atoms with Gasteiger partial charge in [-0.25, -0.2) is 0 Å². The number of likely N-dealkylation sites (N-methyl/N-ethyl adjacent to an activating group) is 1. The second-order valence-corrected chi connectivity index (χ2v) is 16.7. The molecule has 0 aromatic rings. The first-order valence-corrected chi connectivity index (χ1v) is 19.0. The molecule has 15 atom stereocenters. The van der Waals surface area contributed by atoms with Crippen molar-refractivity contribution in [3.8, 4) is 0 Å². The van der Waals surface area contributed by atoms with Crippen molar-refractivity contribution < 1.29 is 43.1 Å². The maximum Gasteiger partial charge on any atom is 0.311 e. The summed E-state index contributed by atoms with van der Waals surface area (Å²) >= 11 is 0. The molecule has 4 aliphatic rings. The number of allylic oxidation sites excluding steroid dienone is 1. The number of carbonyl (C=O) groups excluding carboxylic acids is 1. The van der Waals surface area contributed by atoms with Crippen molar-refractivity contribution in [3.63, 3.8) is 0 Å². The molecule has 0 unspecified atom stereocenters. The molecule has 3 fully saturated rings. The molecule has 10 heteroatoms. The van der Waals surface area contributed by atoms with Crippen LogP contribution in [0.1, 0.15) is 115 Å². The van der Waals surface area contributed by atoms with Gasteiger partial charge < -0.3 is 43.2 Å². The van der Waals surface area contributed by atoms with Crippen LogP contribution in [0, 0.1) is 29.6 Å². The molecule has 3 saturated heterocycles. The average Bonchev–Trinajstić information content (AvgIpc) is 3.33. The number of esters is 1. The maximum atomic E-state index is 14.2. The van der Waals surface area contributed by atoms with Crippen molar-refractivity contribution in [1.82, 2.24) is 4.90 Å². The first-order chi connectivity index (χ1) is 22.9. The standard InChI is InChI=1S/C39H69NO9/c1-15-29-25(8)31(21(3)4)33-22(5)18-39(12,49-33)35(48-37-32(41)28(40(13)16-2)17-23(6)45-37)26(9)34(27(10)36(42)46-29)47-30-20-38(11,43-14)19-24(7)44-30/h21,23-32,34-35,37,41H,15-20H2,1-14H3/t23-,24+,25+,26+,27-,28+,29-,30+,31+,32-,34+,35-,37+,38+,39-/m1/s1. The van der Waals surface area contributed by atoms with E-state index in [1.54, 1.807) is 7.11 Å². The van der Waals surface area contributed by atoms with Gasteiger partial charge in [-0.3, -0.25) is 4.79 Å². The molecule has 4 rings (SSSR count). The van der Waals surface area contributed by atoms with Crippen LogP contribution in [0.3, 0.4) is 0 Å². The quantitative estimate of drug-likeness (QED) is 0.270. The fourth-order valence-corrected chi connectivity index (χ4v) is 9.31. The fraction of sp³-hybridized carbons (Fsp3) is 0.923. The van der Waals surface area contributed by atoms with Crippen molar-refractivity contribution in [1.29, 1.82) is 0 Å². The highest BCUT2D eigenvalue weighted by Gasteiger charge is 2.55. The van der Waals surface area contributed by atoms with E-state index in [1.807, 2.05) is 27.8 Å². The molecule has 0 spiro atoms. The van der Waals surface area contributed by atoms with Crippen molar-refractivity contribution in [2.24, 2.45) is 29.6 Å². The van der Waals surface area contributed by atoms with Crippen LogP contribution in [-0.2, 0) is 38.0 Å². The summed E-state index contributed by atoms with van der Waals surface area (Å²) in [7, 11) is 3.74. The van der Waals surface area contributed by atoms with E-state index in [9.17, 15) is 9.90 Å². The fourth-order valence-electron chi connectivity index (χ4n) is 9.31. The number of ether oxygens (including phenoxy) is 7. The average molecular weight is 696 g/mol. The smallest absolute Gasteiger partial charge is 0.311 e. The van der Waals surface area contributed by atoms with Gasteiger partial charge in [-0.1, -0.05) is 41.5 Å². The molecule has 0 aromatic carbocycles. The highest BCUT2D eigenvalue weighted by molar-refractivity contribution is 5.73. The number of hydrogen-bond donors (Lipinski definition) is 1. The van der Waals surface area contributed by atoms with E-state index in [4.69, 9.17) is 33.2 Å². The van der Waals surface area contributed by atoms with E-state index in [0.29, 0.717) is 25.7 Å². The maximum absolute atomic E-state index is 14.2. The van der Waals surface area contributed by atoms with Gasteiger partial charge in [0.2, 0.25) is 0 Å². The van der Waals surface area contributed by atoms with Crippen LogP contribution in [0.2, 0.25) is 0 Å². The minimum atomic E-state index is -0.900. The summed E-state index contributed by atoms with van der Waals surface area (Å²) in [5.74, 6) is -0.0926. The van der Waals surface area contributed by atoms with Gasteiger partial charge in [0.05, 0.1) is 35.6 Å². The lowest BCUT2D eigenvalue weighted by molar-refractivity contribution is -0.309. The number of fused-ring (bicyclic) bond motifs is 2. The molecule has 0 aliphatic carbocycles. The highest BCUT2D eigenvalue weighted by atomic mass is 16.7. The summed E-state index contributed by atoms with van der Waals surface area (Å²) in [5.41, 5.74) is -0.0876. The summed E-state index contributed by atoms with van der Waals surface area (Å²) < 4.78 is 46.2. The number of aliphatic hydroxyl groups is 1. The zero-order valence-corrected chi connectivity index (χ0v) is 33.0. The number of hydrogen-bond acceptors (Lipinski definition) is 10. The van der Waals surface area contributed by atoms with Crippen molar-refractivity contribution >= 4 is 5.97 Å². The SMILES string of the molecule is CC[C@H]1OC(=O)[C@H](C)[C@@H](O[C@H]2C[C@@](C)(OC)C[C@H](C)O2)[C@H](C)[C@@H](O[C@@H]2O[C@H](C)C[C@H](N(C)CC)[C@H]2O)[C@@]2(C)CC(C)=C(O2)[C@@H](C(C)C)[C@H]1C. The number of rotatable bonds is 9. The van der Waals surface area contributed by atoms with Gasteiger partial charge in [-0.15, -0.1) is 0 Å². The first kappa shape index (κ1) is 40.5. The summed E-state index contributed by atoms with van der Waals surface area (Å²) in [5, 5.41) is 11.7. The molecule has 2 bridgehead atoms. The zero-order chi connectivity index (χ0) is 36.6. The van der Waals surface area contributed by atoms with Crippen LogP contribution >= 0.6 is 0 Å². The van der Waals surface area contributed by atoms with Gasteiger partial charge >= 0.3 is 5.97 Å². The van der Waals surface area contributed by atoms with Crippen LogP contribution in [0.5, 0.6) is 0 Å². The van der Waals surface area contributed by atoms with Crippen LogP contribution < -0.4 is 0 Å². The molecule has 0 saturated carbocycles. The number of methoxy groups -OCH3 is 1. The lowest BCUT2D eigenvalue weighted by Crippen LogP contribution is -2.60. The molecule has 49 heavy (non-hydrogen) atoms.